The molecule has 2 aliphatic carbocycles. The topological polar surface area (TPSA) is 37.3 Å². The van der Waals surface area contributed by atoms with Crippen molar-refractivity contribution in [3.63, 3.8) is 0 Å². The number of hydrogen-bond donors (Lipinski definition) is 1. The fourth-order valence-electron chi connectivity index (χ4n) is 3.16. The summed E-state index contributed by atoms with van der Waals surface area (Å²) in [7, 11) is 0. The fourth-order valence-corrected chi connectivity index (χ4v) is 3.16. The molecule has 0 saturated heterocycles. The second-order valence-corrected chi connectivity index (χ2v) is 5.19. The van der Waals surface area contributed by atoms with E-state index in [1.807, 2.05) is 24.3 Å². The molecule has 3 atom stereocenters. The third-order valence-electron chi connectivity index (χ3n) is 4.03. The predicted molar refractivity (Wildman–Crippen MR) is 66.3 cm³/mol. The van der Waals surface area contributed by atoms with Crippen molar-refractivity contribution >= 4 is 11.4 Å². The van der Waals surface area contributed by atoms with E-state index in [0.29, 0.717) is 18.3 Å². The molecule has 0 aromatic heterocycles. The number of hydrogen-bond acceptors (Lipinski definition) is 2. The highest BCUT2D eigenvalue weighted by molar-refractivity contribution is 5.99. The van der Waals surface area contributed by atoms with Crippen LogP contribution in [0.15, 0.2) is 30.3 Å². The average Bonchev–Trinajstić information content (AvgIpc) is 2.31. The molecule has 0 aliphatic heterocycles. The fraction of sp³-hybridized carbons (Fsp3) is 0.400. The summed E-state index contributed by atoms with van der Waals surface area (Å²) in [6.07, 6.45) is 2.76. The molecule has 2 heteroatoms. The summed E-state index contributed by atoms with van der Waals surface area (Å²) in [5, 5.41) is 10.2. The van der Waals surface area contributed by atoms with Gasteiger partial charge in [0.15, 0.2) is 5.78 Å². The molecule has 0 unspecified atom stereocenters. The molecule has 0 bridgehead atoms. The van der Waals surface area contributed by atoms with Crippen molar-refractivity contribution in [1.29, 1.82) is 0 Å². The molecular weight excluding hydrogens is 212 g/mol. The molecule has 88 valence electrons. The molecule has 2 aliphatic rings. The number of carbonyl (C=O) groups is 1. The maximum Gasteiger partial charge on any atom is 0.156 e. The van der Waals surface area contributed by atoms with Crippen LogP contribution in [-0.2, 0) is 4.79 Å². The van der Waals surface area contributed by atoms with E-state index < -0.39 is 0 Å². The Kier molecular flexibility index (Phi) is 2.40. The highest BCUT2D eigenvalue weighted by Crippen LogP contribution is 2.46. The first-order valence-corrected chi connectivity index (χ1v) is 6.18. The minimum absolute atomic E-state index is 0.218. The van der Waals surface area contributed by atoms with Crippen LogP contribution in [0.5, 0.6) is 0 Å². The van der Waals surface area contributed by atoms with Gasteiger partial charge in [0.25, 0.3) is 0 Å². The van der Waals surface area contributed by atoms with Gasteiger partial charge in [-0.15, -0.1) is 0 Å². The highest BCUT2D eigenvalue weighted by atomic mass is 16.3. The Hall–Kier alpha value is -1.41. The molecule has 1 aromatic carbocycles. The van der Waals surface area contributed by atoms with Crippen LogP contribution >= 0.6 is 0 Å². The van der Waals surface area contributed by atoms with Crippen LogP contribution in [0.1, 0.15) is 37.0 Å². The van der Waals surface area contributed by atoms with Gasteiger partial charge in [-0.05, 0) is 41.0 Å². The number of aliphatic hydroxyl groups is 1. The van der Waals surface area contributed by atoms with Crippen LogP contribution in [-0.4, -0.2) is 10.9 Å². The lowest BCUT2D eigenvalue weighted by molar-refractivity contribution is -0.116. The van der Waals surface area contributed by atoms with E-state index >= 15 is 0 Å². The van der Waals surface area contributed by atoms with E-state index in [9.17, 15) is 9.90 Å². The van der Waals surface area contributed by atoms with Gasteiger partial charge in [0.2, 0.25) is 0 Å². The monoisotopic (exact) mass is 228 g/mol. The maximum absolute atomic E-state index is 11.7. The zero-order valence-corrected chi connectivity index (χ0v) is 9.89. The largest absolute Gasteiger partial charge is 0.388 e. The van der Waals surface area contributed by atoms with Crippen LogP contribution in [0, 0.1) is 11.8 Å². The number of carbonyl (C=O) groups excluding carboxylic acids is 1. The van der Waals surface area contributed by atoms with E-state index in [0.717, 1.165) is 23.1 Å². The molecule has 0 fully saturated rings. The predicted octanol–water partition coefficient (Wildman–Crippen LogP) is 2.73. The van der Waals surface area contributed by atoms with Gasteiger partial charge < -0.3 is 5.11 Å². The summed E-state index contributed by atoms with van der Waals surface area (Å²) < 4.78 is 0. The van der Waals surface area contributed by atoms with Gasteiger partial charge in [-0.2, -0.15) is 0 Å². The number of rotatable bonds is 0. The zero-order valence-electron chi connectivity index (χ0n) is 9.89. The third-order valence-corrected chi connectivity index (χ3v) is 4.03. The van der Waals surface area contributed by atoms with Gasteiger partial charge in [0, 0.05) is 6.42 Å². The van der Waals surface area contributed by atoms with E-state index in [2.05, 4.69) is 6.92 Å². The molecule has 1 N–H and O–H groups in total. The van der Waals surface area contributed by atoms with Crippen LogP contribution in [0.3, 0.4) is 0 Å². The van der Waals surface area contributed by atoms with Crippen LogP contribution in [0.2, 0.25) is 0 Å². The number of fused-ring (bicyclic) bond motifs is 3. The Balaban J connectivity index is 2.17. The number of aliphatic hydroxyl groups excluding tert-OH is 1. The minimum Gasteiger partial charge on any atom is -0.388 e. The van der Waals surface area contributed by atoms with Crippen molar-refractivity contribution in [1.82, 2.24) is 0 Å². The zero-order chi connectivity index (χ0) is 12.0. The van der Waals surface area contributed by atoms with Crippen molar-refractivity contribution in [3.8, 4) is 0 Å². The third kappa shape index (κ3) is 1.64. The summed E-state index contributed by atoms with van der Waals surface area (Å²) in [6.45, 7) is 2.11. The molecule has 0 radical (unpaired) electrons. The van der Waals surface area contributed by atoms with Gasteiger partial charge in [0.05, 0.1) is 6.10 Å². The first-order valence-electron chi connectivity index (χ1n) is 6.18. The molecule has 1 aromatic rings. The second-order valence-electron chi connectivity index (χ2n) is 5.19. The van der Waals surface area contributed by atoms with Crippen molar-refractivity contribution < 1.29 is 9.90 Å². The Morgan fingerprint density at radius 3 is 2.88 bits per heavy atom. The summed E-state index contributed by atoms with van der Waals surface area (Å²) >= 11 is 0. The quantitative estimate of drug-likeness (QED) is 0.741. The second kappa shape index (κ2) is 3.81. The van der Waals surface area contributed by atoms with Crippen molar-refractivity contribution in [2.24, 2.45) is 11.8 Å². The van der Waals surface area contributed by atoms with Gasteiger partial charge in [-0.25, -0.2) is 0 Å². The maximum atomic E-state index is 11.7. The standard InChI is InChI=1S/C15H16O2/c1-9-6-10(16)7-14-11-4-2-3-5-12(11)15(17)8-13(9)14/h2-5,7,9,13,15,17H,6,8H2,1H3/t9-,13+,15+/m1/s1. The summed E-state index contributed by atoms with van der Waals surface area (Å²) in [5.41, 5.74) is 3.17. The minimum atomic E-state index is -0.385. The molecular formula is C15H16O2. The molecule has 0 saturated carbocycles. The molecule has 0 heterocycles. The van der Waals surface area contributed by atoms with E-state index in [1.54, 1.807) is 6.08 Å². The number of benzene rings is 1. The average molecular weight is 228 g/mol. The lowest BCUT2D eigenvalue weighted by atomic mass is 9.68. The van der Waals surface area contributed by atoms with Gasteiger partial charge in [-0.3, -0.25) is 4.79 Å². The van der Waals surface area contributed by atoms with E-state index in [4.69, 9.17) is 0 Å². The van der Waals surface area contributed by atoms with E-state index in [1.165, 1.54) is 0 Å². The van der Waals surface area contributed by atoms with Crippen molar-refractivity contribution in [2.45, 2.75) is 25.9 Å². The van der Waals surface area contributed by atoms with Gasteiger partial charge in [0.1, 0.15) is 0 Å². The Labute approximate surface area is 101 Å². The molecule has 0 spiro atoms. The molecule has 17 heavy (non-hydrogen) atoms. The van der Waals surface area contributed by atoms with E-state index in [-0.39, 0.29) is 11.9 Å². The van der Waals surface area contributed by atoms with Crippen LogP contribution in [0.25, 0.3) is 5.57 Å². The normalized spacial score (nSPS) is 31.5. The van der Waals surface area contributed by atoms with Crippen molar-refractivity contribution in [2.75, 3.05) is 0 Å². The van der Waals surface area contributed by atoms with Gasteiger partial charge in [-0.1, -0.05) is 31.2 Å². The van der Waals surface area contributed by atoms with Crippen molar-refractivity contribution in [3.05, 3.63) is 41.5 Å². The molecule has 3 rings (SSSR count). The highest BCUT2D eigenvalue weighted by Gasteiger charge is 2.36. The number of allylic oxidation sites excluding steroid dienone is 2. The Bertz CT molecular complexity index is 501. The van der Waals surface area contributed by atoms with Crippen LogP contribution in [0.4, 0.5) is 0 Å². The summed E-state index contributed by atoms with van der Waals surface area (Å²) in [6, 6.07) is 7.89. The SMILES string of the molecule is C[C@@H]1CC(=O)C=C2c3ccccc3[C@@H](O)C[C@H]21. The summed E-state index contributed by atoms with van der Waals surface area (Å²) in [5.74, 6) is 0.887. The first kappa shape index (κ1) is 10.7. The molecule has 2 nitrogen and oxygen atoms in total. The smallest absolute Gasteiger partial charge is 0.156 e. The lowest BCUT2D eigenvalue weighted by Gasteiger charge is -2.37. The Morgan fingerprint density at radius 1 is 1.29 bits per heavy atom. The van der Waals surface area contributed by atoms with Gasteiger partial charge >= 0.3 is 0 Å². The molecule has 0 amide bonds. The van der Waals surface area contributed by atoms with Crippen LogP contribution < -0.4 is 0 Å². The first-order chi connectivity index (χ1) is 8.16. The summed E-state index contributed by atoms with van der Waals surface area (Å²) in [4.78, 5) is 11.7. The lowest BCUT2D eigenvalue weighted by Crippen LogP contribution is -2.28. The number of ketones is 1. The Morgan fingerprint density at radius 2 is 2.06 bits per heavy atom.